The molecule has 2 aromatic rings. The molecule has 0 atom stereocenters. The zero-order valence-corrected chi connectivity index (χ0v) is 11.8. The van der Waals surface area contributed by atoms with E-state index in [2.05, 4.69) is 0 Å². The second kappa shape index (κ2) is 5.20. The third-order valence-corrected chi connectivity index (χ3v) is 4.12. The Hall–Kier alpha value is -1.95. The van der Waals surface area contributed by atoms with E-state index in [4.69, 9.17) is 0 Å². The van der Waals surface area contributed by atoms with Gasteiger partial charge in [-0.1, -0.05) is 17.7 Å². The van der Waals surface area contributed by atoms with E-state index < -0.39 is 27.3 Å². The molecule has 0 amide bonds. The molecule has 0 saturated heterocycles. The van der Waals surface area contributed by atoms with Crippen LogP contribution in [-0.4, -0.2) is 8.42 Å². The molecule has 0 radical (unpaired) electrons. The highest BCUT2D eigenvalue weighted by Crippen LogP contribution is 2.24. The molecule has 20 heavy (non-hydrogen) atoms. The topological polar surface area (TPSA) is 46.2 Å². The molecular formula is C14H13F2NO2S. The summed E-state index contributed by atoms with van der Waals surface area (Å²) < 4.78 is 53.4. The summed E-state index contributed by atoms with van der Waals surface area (Å²) in [7, 11) is -4.02. The summed E-state index contributed by atoms with van der Waals surface area (Å²) >= 11 is 0. The molecule has 0 saturated carbocycles. The van der Waals surface area contributed by atoms with Gasteiger partial charge in [0.25, 0.3) is 10.0 Å². The van der Waals surface area contributed by atoms with Crippen molar-refractivity contribution in [3.05, 3.63) is 59.2 Å². The standard InChI is InChI=1S/C14H13F2NO2S/c1-9-3-5-11(6-4-9)20(18,19)17-14-12(15)7-10(2)8-13(14)16/h3-8,17H,1-2H3. The minimum atomic E-state index is -4.02. The Morgan fingerprint density at radius 3 is 1.90 bits per heavy atom. The van der Waals surface area contributed by atoms with Gasteiger partial charge in [0.15, 0.2) is 11.6 Å². The number of anilines is 1. The number of nitrogens with one attached hydrogen (secondary N) is 1. The van der Waals surface area contributed by atoms with E-state index in [0.29, 0.717) is 5.56 Å². The van der Waals surface area contributed by atoms with Crippen molar-refractivity contribution in [1.29, 1.82) is 0 Å². The zero-order valence-electron chi connectivity index (χ0n) is 10.9. The fourth-order valence-electron chi connectivity index (χ4n) is 1.71. The van der Waals surface area contributed by atoms with E-state index in [1.165, 1.54) is 19.1 Å². The Balaban J connectivity index is 2.41. The van der Waals surface area contributed by atoms with Crippen LogP contribution >= 0.6 is 0 Å². The molecule has 1 N–H and O–H groups in total. The van der Waals surface area contributed by atoms with Crippen LogP contribution in [0.1, 0.15) is 11.1 Å². The number of rotatable bonds is 3. The Kier molecular flexibility index (Phi) is 3.76. The van der Waals surface area contributed by atoms with E-state index in [-0.39, 0.29) is 4.90 Å². The van der Waals surface area contributed by atoms with Gasteiger partial charge >= 0.3 is 0 Å². The van der Waals surface area contributed by atoms with Crippen molar-refractivity contribution in [2.45, 2.75) is 18.7 Å². The fourth-order valence-corrected chi connectivity index (χ4v) is 2.78. The summed E-state index contributed by atoms with van der Waals surface area (Å²) in [6.45, 7) is 3.33. The Morgan fingerprint density at radius 1 is 0.900 bits per heavy atom. The number of halogens is 2. The molecule has 0 spiro atoms. The number of sulfonamides is 1. The maximum Gasteiger partial charge on any atom is 0.262 e. The molecule has 0 aliphatic heterocycles. The third kappa shape index (κ3) is 2.96. The van der Waals surface area contributed by atoms with E-state index in [1.54, 1.807) is 12.1 Å². The predicted octanol–water partition coefficient (Wildman–Crippen LogP) is 3.38. The first-order valence-electron chi connectivity index (χ1n) is 5.85. The Bertz CT molecular complexity index is 717. The van der Waals surface area contributed by atoms with Crippen molar-refractivity contribution >= 4 is 15.7 Å². The summed E-state index contributed by atoms with van der Waals surface area (Å²) in [6, 6.07) is 8.10. The van der Waals surface area contributed by atoms with E-state index in [1.807, 2.05) is 11.6 Å². The quantitative estimate of drug-likeness (QED) is 0.944. The number of hydrogen-bond acceptors (Lipinski definition) is 2. The first-order chi connectivity index (χ1) is 9.29. The van der Waals surface area contributed by atoms with Gasteiger partial charge in [-0.2, -0.15) is 0 Å². The minimum Gasteiger partial charge on any atom is -0.274 e. The molecule has 2 aromatic carbocycles. The van der Waals surface area contributed by atoms with Gasteiger partial charge in [-0.25, -0.2) is 17.2 Å². The number of benzene rings is 2. The molecule has 0 fully saturated rings. The highest BCUT2D eigenvalue weighted by molar-refractivity contribution is 7.92. The summed E-state index contributed by atoms with van der Waals surface area (Å²) in [5.41, 5.74) is 0.589. The average molecular weight is 297 g/mol. The van der Waals surface area contributed by atoms with Crippen molar-refractivity contribution in [3.8, 4) is 0 Å². The number of aryl methyl sites for hydroxylation is 2. The molecule has 0 aromatic heterocycles. The van der Waals surface area contributed by atoms with Gasteiger partial charge in [-0.3, -0.25) is 4.72 Å². The SMILES string of the molecule is Cc1ccc(S(=O)(=O)Nc2c(F)cc(C)cc2F)cc1. The minimum absolute atomic E-state index is 0.0533. The fraction of sp³-hybridized carbons (Fsp3) is 0.143. The summed E-state index contributed by atoms with van der Waals surface area (Å²) in [6.07, 6.45) is 0. The molecule has 3 nitrogen and oxygen atoms in total. The van der Waals surface area contributed by atoms with Crippen LogP contribution in [0.4, 0.5) is 14.5 Å². The smallest absolute Gasteiger partial charge is 0.262 e. The lowest BCUT2D eigenvalue weighted by atomic mass is 10.2. The van der Waals surface area contributed by atoms with Crippen LogP contribution in [-0.2, 0) is 10.0 Å². The highest BCUT2D eigenvalue weighted by atomic mass is 32.2. The largest absolute Gasteiger partial charge is 0.274 e. The molecule has 0 unspecified atom stereocenters. The van der Waals surface area contributed by atoms with Crippen molar-refractivity contribution < 1.29 is 17.2 Å². The average Bonchev–Trinajstić information content (AvgIpc) is 2.34. The summed E-state index contributed by atoms with van der Waals surface area (Å²) in [4.78, 5) is -0.0533. The Morgan fingerprint density at radius 2 is 1.40 bits per heavy atom. The van der Waals surface area contributed by atoms with Crippen LogP contribution in [0.15, 0.2) is 41.3 Å². The summed E-state index contributed by atoms with van der Waals surface area (Å²) in [5, 5.41) is 0. The Labute approximate surface area is 116 Å². The lowest BCUT2D eigenvalue weighted by Gasteiger charge is -2.10. The van der Waals surface area contributed by atoms with Gasteiger partial charge in [-0.05, 0) is 43.7 Å². The second-order valence-electron chi connectivity index (χ2n) is 4.52. The van der Waals surface area contributed by atoms with Gasteiger partial charge in [-0.15, -0.1) is 0 Å². The van der Waals surface area contributed by atoms with Crippen molar-refractivity contribution in [3.63, 3.8) is 0 Å². The van der Waals surface area contributed by atoms with E-state index in [0.717, 1.165) is 17.7 Å². The lowest BCUT2D eigenvalue weighted by molar-refractivity contribution is 0.581. The van der Waals surface area contributed by atoms with Crippen LogP contribution < -0.4 is 4.72 Å². The van der Waals surface area contributed by atoms with Gasteiger partial charge in [0.1, 0.15) is 5.69 Å². The maximum absolute atomic E-state index is 13.7. The molecular weight excluding hydrogens is 284 g/mol. The molecule has 106 valence electrons. The maximum atomic E-state index is 13.7. The molecule has 0 heterocycles. The van der Waals surface area contributed by atoms with E-state index in [9.17, 15) is 17.2 Å². The second-order valence-corrected chi connectivity index (χ2v) is 6.20. The third-order valence-electron chi connectivity index (χ3n) is 2.75. The van der Waals surface area contributed by atoms with Crippen LogP contribution in [0.3, 0.4) is 0 Å². The normalized spacial score (nSPS) is 11.4. The first kappa shape index (κ1) is 14.5. The monoisotopic (exact) mass is 297 g/mol. The summed E-state index contributed by atoms with van der Waals surface area (Å²) in [5.74, 6) is -1.89. The van der Waals surface area contributed by atoms with Gasteiger partial charge in [0.05, 0.1) is 4.90 Å². The van der Waals surface area contributed by atoms with Crippen molar-refractivity contribution in [2.24, 2.45) is 0 Å². The predicted molar refractivity (Wildman–Crippen MR) is 73.1 cm³/mol. The molecule has 0 aliphatic carbocycles. The van der Waals surface area contributed by atoms with Crippen LogP contribution in [0, 0.1) is 25.5 Å². The molecule has 0 aliphatic rings. The van der Waals surface area contributed by atoms with Crippen LogP contribution in [0.5, 0.6) is 0 Å². The van der Waals surface area contributed by atoms with Crippen molar-refractivity contribution in [2.75, 3.05) is 4.72 Å². The molecule has 6 heteroatoms. The van der Waals surface area contributed by atoms with Gasteiger partial charge < -0.3 is 0 Å². The first-order valence-corrected chi connectivity index (χ1v) is 7.33. The van der Waals surface area contributed by atoms with Crippen LogP contribution in [0.2, 0.25) is 0 Å². The highest BCUT2D eigenvalue weighted by Gasteiger charge is 2.19. The van der Waals surface area contributed by atoms with Gasteiger partial charge in [0, 0.05) is 0 Å². The number of hydrogen-bond donors (Lipinski definition) is 1. The van der Waals surface area contributed by atoms with Crippen LogP contribution in [0.25, 0.3) is 0 Å². The van der Waals surface area contributed by atoms with Gasteiger partial charge in [0.2, 0.25) is 0 Å². The van der Waals surface area contributed by atoms with Crippen molar-refractivity contribution in [1.82, 2.24) is 0 Å². The van der Waals surface area contributed by atoms with E-state index >= 15 is 0 Å². The lowest BCUT2D eigenvalue weighted by Crippen LogP contribution is -2.15. The zero-order chi connectivity index (χ0) is 14.9. The molecule has 0 bridgehead atoms. The molecule has 2 rings (SSSR count).